The van der Waals surface area contributed by atoms with E-state index in [1.54, 1.807) is 12.1 Å². The van der Waals surface area contributed by atoms with Crippen LogP contribution in [0.15, 0.2) is 72.9 Å². The highest BCUT2D eigenvalue weighted by molar-refractivity contribution is 7.80. The molecule has 0 bridgehead atoms. The summed E-state index contributed by atoms with van der Waals surface area (Å²) in [6, 6.07) is 20.9. The number of thiocarbonyl (C=S) groups is 1. The van der Waals surface area contributed by atoms with Gasteiger partial charge in [0.05, 0.1) is 11.0 Å². The van der Waals surface area contributed by atoms with Crippen LogP contribution >= 0.6 is 12.2 Å². The molecule has 2 aromatic carbocycles. The van der Waals surface area contributed by atoms with E-state index in [-0.39, 0.29) is 16.7 Å². The van der Waals surface area contributed by atoms with Crippen LogP contribution in [0, 0.1) is 10.1 Å². The largest absolute Gasteiger partial charge is 0.358 e. The fourth-order valence-electron chi connectivity index (χ4n) is 3.61. The average Bonchev–Trinajstić information content (AvgIpc) is 3.21. The van der Waals surface area contributed by atoms with Crippen molar-refractivity contribution in [3.8, 4) is 0 Å². The van der Waals surface area contributed by atoms with Crippen LogP contribution in [0.3, 0.4) is 0 Å². The van der Waals surface area contributed by atoms with E-state index < -0.39 is 0 Å². The number of nitro groups is 1. The number of fused-ring (bicyclic) bond motifs is 1. The van der Waals surface area contributed by atoms with E-state index in [9.17, 15) is 10.1 Å². The lowest BCUT2D eigenvalue weighted by Crippen LogP contribution is -2.46. The fourth-order valence-corrected chi connectivity index (χ4v) is 3.88. The molecule has 0 spiro atoms. The molecular weight excluding hydrogens is 372 g/mol. The van der Waals surface area contributed by atoms with Gasteiger partial charge in [-0.15, -0.1) is 0 Å². The van der Waals surface area contributed by atoms with Gasteiger partial charge in [0.15, 0.2) is 5.11 Å². The van der Waals surface area contributed by atoms with Crippen LogP contribution in [-0.2, 0) is 13.1 Å². The standard InChI is InChI=1S/C21H20N4O2S/c26-25(27)18-10-8-17(9-11-18)20-19-7-4-12-23(19)13-14-24(20)21(28)22-15-16-5-2-1-3-6-16/h1-12,20H,13-15H2,(H,22,28)/t20-/m1/s1. The summed E-state index contributed by atoms with van der Waals surface area (Å²) >= 11 is 5.72. The van der Waals surface area contributed by atoms with Gasteiger partial charge in [0.25, 0.3) is 5.69 Å². The van der Waals surface area contributed by atoms with E-state index >= 15 is 0 Å². The first kappa shape index (κ1) is 18.2. The maximum atomic E-state index is 11.0. The molecule has 0 unspecified atom stereocenters. The number of non-ortho nitro benzene ring substituents is 1. The summed E-state index contributed by atoms with van der Waals surface area (Å²) in [6.45, 7) is 2.27. The highest BCUT2D eigenvalue weighted by Gasteiger charge is 2.30. The molecule has 0 saturated carbocycles. The number of benzene rings is 2. The second-order valence-corrected chi connectivity index (χ2v) is 7.10. The van der Waals surface area contributed by atoms with Crippen LogP contribution in [0.2, 0.25) is 0 Å². The number of nitro benzene ring substituents is 1. The number of hydrogen-bond acceptors (Lipinski definition) is 3. The van der Waals surface area contributed by atoms with Crippen LogP contribution in [0.4, 0.5) is 5.69 Å². The summed E-state index contributed by atoms with van der Waals surface area (Å²) in [7, 11) is 0. The molecule has 2 heterocycles. The Morgan fingerprint density at radius 1 is 1.07 bits per heavy atom. The Morgan fingerprint density at radius 3 is 2.54 bits per heavy atom. The van der Waals surface area contributed by atoms with Gasteiger partial charge >= 0.3 is 0 Å². The maximum Gasteiger partial charge on any atom is 0.269 e. The Labute approximate surface area is 168 Å². The molecule has 1 aromatic heterocycles. The zero-order valence-electron chi connectivity index (χ0n) is 15.2. The van der Waals surface area contributed by atoms with Crippen LogP contribution in [0.25, 0.3) is 0 Å². The highest BCUT2D eigenvalue weighted by Crippen LogP contribution is 2.33. The lowest BCUT2D eigenvalue weighted by molar-refractivity contribution is -0.384. The van der Waals surface area contributed by atoms with E-state index in [0.29, 0.717) is 11.7 Å². The minimum Gasteiger partial charge on any atom is -0.358 e. The first-order chi connectivity index (χ1) is 13.6. The molecule has 1 aliphatic rings. The van der Waals surface area contributed by atoms with Crippen molar-refractivity contribution in [2.24, 2.45) is 0 Å². The van der Waals surface area contributed by atoms with Crippen LogP contribution in [0.1, 0.15) is 22.9 Å². The predicted molar refractivity (Wildman–Crippen MR) is 112 cm³/mol. The highest BCUT2D eigenvalue weighted by atomic mass is 32.1. The Hall–Kier alpha value is -3.19. The van der Waals surface area contributed by atoms with Crippen LogP contribution < -0.4 is 5.32 Å². The van der Waals surface area contributed by atoms with E-state index in [4.69, 9.17) is 12.2 Å². The van der Waals surface area contributed by atoms with Gasteiger partial charge in [-0.3, -0.25) is 10.1 Å². The van der Waals surface area contributed by atoms with Crippen molar-refractivity contribution >= 4 is 23.0 Å². The third kappa shape index (κ3) is 3.61. The molecule has 0 amide bonds. The molecule has 4 rings (SSSR count). The van der Waals surface area contributed by atoms with Gasteiger partial charge in [0, 0.05) is 43.7 Å². The number of rotatable bonds is 4. The topological polar surface area (TPSA) is 63.3 Å². The smallest absolute Gasteiger partial charge is 0.269 e. The molecule has 142 valence electrons. The molecule has 6 nitrogen and oxygen atoms in total. The lowest BCUT2D eigenvalue weighted by atomic mass is 10.00. The summed E-state index contributed by atoms with van der Waals surface area (Å²) in [5, 5.41) is 15.0. The second kappa shape index (κ2) is 7.82. The summed E-state index contributed by atoms with van der Waals surface area (Å²) in [4.78, 5) is 12.8. The molecule has 0 fully saturated rings. The molecule has 28 heavy (non-hydrogen) atoms. The average molecular weight is 392 g/mol. The van der Waals surface area contributed by atoms with Gasteiger partial charge in [0.2, 0.25) is 0 Å². The molecule has 0 saturated heterocycles. The van der Waals surface area contributed by atoms with E-state index in [2.05, 4.69) is 39.2 Å². The molecule has 0 radical (unpaired) electrons. The zero-order valence-corrected chi connectivity index (χ0v) is 16.0. The SMILES string of the molecule is O=[N+]([O-])c1ccc([C@@H]2c3cccn3CCN2C(=S)NCc2ccccc2)cc1. The molecule has 7 heteroatoms. The first-order valence-corrected chi connectivity index (χ1v) is 9.52. The molecule has 3 aromatic rings. The second-order valence-electron chi connectivity index (χ2n) is 6.72. The van der Waals surface area contributed by atoms with Gasteiger partial charge < -0.3 is 14.8 Å². The minimum absolute atomic E-state index is 0.0830. The summed E-state index contributed by atoms with van der Waals surface area (Å²) in [5.41, 5.74) is 3.36. The number of hydrogen-bond donors (Lipinski definition) is 1. The third-order valence-corrected chi connectivity index (χ3v) is 5.38. The first-order valence-electron chi connectivity index (χ1n) is 9.11. The monoisotopic (exact) mass is 392 g/mol. The molecule has 1 N–H and O–H groups in total. The predicted octanol–water partition coefficient (Wildman–Crippen LogP) is 3.88. The molecule has 0 aliphatic carbocycles. The maximum absolute atomic E-state index is 11.0. The number of nitrogens with one attached hydrogen (secondary N) is 1. The number of nitrogens with zero attached hydrogens (tertiary/aromatic N) is 3. The Morgan fingerprint density at radius 2 is 1.82 bits per heavy atom. The van der Waals surface area contributed by atoms with Gasteiger partial charge in [0.1, 0.15) is 0 Å². The quantitative estimate of drug-likeness (QED) is 0.415. The summed E-state index contributed by atoms with van der Waals surface area (Å²) in [5.74, 6) is 0. The van der Waals surface area contributed by atoms with Crippen molar-refractivity contribution in [3.05, 3.63) is 99.9 Å². The summed E-state index contributed by atoms with van der Waals surface area (Å²) in [6.07, 6.45) is 2.06. The molecular formula is C21H20N4O2S. The Bertz CT molecular complexity index is 985. The molecule has 1 atom stereocenters. The van der Waals surface area contributed by atoms with E-state index in [0.717, 1.165) is 29.9 Å². The van der Waals surface area contributed by atoms with Crippen molar-refractivity contribution in [3.63, 3.8) is 0 Å². The van der Waals surface area contributed by atoms with Gasteiger partial charge in [-0.25, -0.2) is 0 Å². The van der Waals surface area contributed by atoms with Crippen molar-refractivity contribution in [1.82, 2.24) is 14.8 Å². The van der Waals surface area contributed by atoms with Gasteiger partial charge in [-0.1, -0.05) is 30.3 Å². The Kier molecular flexibility index (Phi) is 5.08. The minimum atomic E-state index is -0.378. The zero-order chi connectivity index (χ0) is 19.5. The van der Waals surface area contributed by atoms with Crippen LogP contribution in [-0.4, -0.2) is 26.0 Å². The van der Waals surface area contributed by atoms with Gasteiger partial charge in [-0.2, -0.15) is 0 Å². The van der Waals surface area contributed by atoms with Crippen molar-refractivity contribution in [1.29, 1.82) is 0 Å². The van der Waals surface area contributed by atoms with E-state index in [1.165, 1.54) is 0 Å². The van der Waals surface area contributed by atoms with E-state index in [1.807, 2.05) is 36.4 Å². The van der Waals surface area contributed by atoms with Gasteiger partial charge in [-0.05, 0) is 47.6 Å². The lowest BCUT2D eigenvalue weighted by Gasteiger charge is -2.39. The fraction of sp³-hybridized carbons (Fsp3) is 0.190. The third-order valence-electron chi connectivity index (χ3n) is 5.01. The molecule has 1 aliphatic heterocycles. The summed E-state index contributed by atoms with van der Waals surface area (Å²) < 4.78 is 2.21. The Balaban J connectivity index is 1.60. The van der Waals surface area contributed by atoms with Crippen molar-refractivity contribution in [2.75, 3.05) is 6.54 Å². The van der Waals surface area contributed by atoms with Crippen LogP contribution in [0.5, 0.6) is 0 Å². The van der Waals surface area contributed by atoms with Crippen molar-refractivity contribution in [2.45, 2.75) is 19.1 Å². The normalized spacial score (nSPS) is 15.7. The number of aromatic nitrogens is 1. The van der Waals surface area contributed by atoms with Crippen molar-refractivity contribution < 1.29 is 4.92 Å².